The second kappa shape index (κ2) is 4.43. The van der Waals surface area contributed by atoms with Crippen molar-refractivity contribution in [2.45, 2.75) is 7.43 Å². The van der Waals surface area contributed by atoms with Crippen LogP contribution in [-0.4, -0.2) is 0 Å². The number of hydrogen-bond donors (Lipinski definition) is 0. The highest BCUT2D eigenvalue weighted by atomic mass is 19.2. The second-order valence-electron chi connectivity index (χ2n) is 2.20. The van der Waals surface area contributed by atoms with Crippen LogP contribution in [0, 0.1) is 41.2 Å². The summed E-state index contributed by atoms with van der Waals surface area (Å²) in [7, 11) is 0. The molecule has 0 spiro atoms. The molecule has 78 valence electrons. The third-order valence-corrected chi connectivity index (χ3v) is 1.46. The van der Waals surface area contributed by atoms with Crippen LogP contribution >= 0.6 is 0 Å². The molecule has 1 rings (SSSR count). The Labute approximate surface area is 83.2 Å². The average Bonchev–Trinajstić information content (AvgIpc) is 2.16. The Morgan fingerprint density at radius 2 is 1.53 bits per heavy atom. The van der Waals surface area contributed by atoms with Gasteiger partial charge in [-0.15, -0.1) is 0 Å². The molecular formula is C9H4F4N2. The molecule has 0 saturated carbocycles. The molecule has 0 aromatic heterocycles. The molecule has 0 aliphatic rings. The topological polar surface area (TPSA) is 28.1 Å². The maximum atomic E-state index is 12.9. The fourth-order valence-corrected chi connectivity index (χ4v) is 0.817. The molecule has 0 radical (unpaired) electrons. The minimum atomic E-state index is -2.02. The Kier molecular flexibility index (Phi) is 3.81. The van der Waals surface area contributed by atoms with Gasteiger partial charge < -0.3 is 0 Å². The van der Waals surface area contributed by atoms with E-state index in [1.54, 1.807) is 0 Å². The Morgan fingerprint density at radius 1 is 1.00 bits per heavy atom. The van der Waals surface area contributed by atoms with Crippen molar-refractivity contribution in [1.82, 2.24) is 0 Å². The first kappa shape index (κ1) is 12.9. The molecule has 0 saturated heterocycles. The second-order valence-corrected chi connectivity index (χ2v) is 2.20. The monoisotopic (exact) mass is 216 g/mol. The van der Waals surface area contributed by atoms with Gasteiger partial charge in [0.05, 0.1) is 6.57 Å². The molecule has 0 unspecified atom stereocenters. The summed E-state index contributed by atoms with van der Waals surface area (Å²) in [6.45, 7) is 6.31. The Morgan fingerprint density at radius 3 is 1.93 bits per heavy atom. The summed E-state index contributed by atoms with van der Waals surface area (Å²) in [4.78, 5) is 2.32. The average molecular weight is 216 g/mol. The summed E-state index contributed by atoms with van der Waals surface area (Å²) >= 11 is 0. The van der Waals surface area contributed by atoms with E-state index in [-0.39, 0.29) is 7.43 Å². The first-order valence-corrected chi connectivity index (χ1v) is 3.18. The molecule has 6 heteroatoms. The zero-order valence-corrected chi connectivity index (χ0v) is 6.41. The van der Waals surface area contributed by atoms with Gasteiger partial charge in [0.2, 0.25) is 0 Å². The van der Waals surface area contributed by atoms with Crippen molar-refractivity contribution >= 4 is 5.69 Å². The number of benzene rings is 1. The highest BCUT2D eigenvalue weighted by Crippen LogP contribution is 2.29. The summed E-state index contributed by atoms with van der Waals surface area (Å²) in [5.74, 6) is -7.54. The molecule has 0 aliphatic carbocycles. The van der Waals surface area contributed by atoms with Gasteiger partial charge in [-0.2, -0.15) is 5.26 Å². The summed E-state index contributed by atoms with van der Waals surface area (Å²) in [5, 5.41) is 8.21. The number of hydrogen-bond acceptors (Lipinski definition) is 1. The molecule has 15 heavy (non-hydrogen) atoms. The zero-order chi connectivity index (χ0) is 10.9. The van der Waals surface area contributed by atoms with E-state index in [0.717, 1.165) is 6.07 Å². The van der Waals surface area contributed by atoms with E-state index in [4.69, 9.17) is 11.8 Å². The van der Waals surface area contributed by atoms with Gasteiger partial charge in [0.15, 0.2) is 23.3 Å². The zero-order valence-electron chi connectivity index (χ0n) is 6.41. The molecule has 0 N–H and O–H groups in total. The maximum absolute atomic E-state index is 12.9. The largest absolute Gasteiger partial charge is 0.261 e. The van der Waals surface area contributed by atoms with E-state index >= 15 is 0 Å². The van der Waals surface area contributed by atoms with Crippen molar-refractivity contribution < 1.29 is 17.6 Å². The van der Waals surface area contributed by atoms with Gasteiger partial charge in [-0.3, -0.25) is 0 Å². The predicted molar refractivity (Wildman–Crippen MR) is 44.0 cm³/mol. The van der Waals surface area contributed by atoms with Crippen LogP contribution in [0.5, 0.6) is 0 Å². The number of nitrogens with zero attached hydrogens (tertiary/aromatic N) is 2. The van der Waals surface area contributed by atoms with Gasteiger partial charge in [-0.25, -0.2) is 22.4 Å². The lowest BCUT2D eigenvalue weighted by Gasteiger charge is -2.01. The molecule has 0 bridgehead atoms. The molecule has 0 heterocycles. The van der Waals surface area contributed by atoms with Crippen LogP contribution < -0.4 is 0 Å². The van der Waals surface area contributed by atoms with Gasteiger partial charge in [-0.05, 0) is 0 Å². The molecule has 1 aromatic carbocycles. The van der Waals surface area contributed by atoms with E-state index in [9.17, 15) is 17.6 Å². The SMILES string of the molecule is C.[C-]#[N+]c1c(F)c(F)c(F)c(C#N)c1F. The number of nitriles is 1. The predicted octanol–water partition coefficient (Wildman–Crippen LogP) is 3.30. The quantitative estimate of drug-likeness (QED) is 0.283. The smallest absolute Gasteiger partial charge is 0.232 e. The van der Waals surface area contributed by atoms with Crippen LogP contribution in [-0.2, 0) is 0 Å². The van der Waals surface area contributed by atoms with E-state index < -0.39 is 34.5 Å². The lowest BCUT2D eigenvalue weighted by molar-refractivity contribution is 0.436. The normalized spacial score (nSPS) is 8.67. The first-order valence-electron chi connectivity index (χ1n) is 3.18. The van der Waals surface area contributed by atoms with Crippen LogP contribution in [0.4, 0.5) is 23.2 Å². The van der Waals surface area contributed by atoms with E-state index in [1.165, 1.54) is 0 Å². The lowest BCUT2D eigenvalue weighted by atomic mass is 10.1. The molecule has 2 nitrogen and oxygen atoms in total. The van der Waals surface area contributed by atoms with Gasteiger partial charge in [0, 0.05) is 0 Å². The van der Waals surface area contributed by atoms with Crippen LogP contribution in [0.25, 0.3) is 4.85 Å². The summed E-state index contributed by atoms with van der Waals surface area (Å²) in [6.07, 6.45) is 0. The third kappa shape index (κ3) is 1.75. The van der Waals surface area contributed by atoms with Crippen LogP contribution in [0.3, 0.4) is 0 Å². The molecule has 0 atom stereocenters. The van der Waals surface area contributed by atoms with Crippen LogP contribution in [0.15, 0.2) is 0 Å². The van der Waals surface area contributed by atoms with Crippen molar-refractivity contribution in [3.8, 4) is 6.07 Å². The Balaban J connectivity index is 0.00000196. The van der Waals surface area contributed by atoms with Gasteiger partial charge in [-0.1, -0.05) is 7.43 Å². The highest BCUT2D eigenvalue weighted by Gasteiger charge is 2.25. The van der Waals surface area contributed by atoms with Crippen molar-refractivity contribution in [1.29, 1.82) is 5.26 Å². The molecular weight excluding hydrogens is 212 g/mol. The van der Waals surface area contributed by atoms with E-state index in [0.29, 0.717) is 0 Å². The Bertz CT molecular complexity index is 441. The fourth-order valence-electron chi connectivity index (χ4n) is 0.817. The van der Waals surface area contributed by atoms with Gasteiger partial charge >= 0.3 is 0 Å². The number of rotatable bonds is 0. The molecule has 0 amide bonds. The highest BCUT2D eigenvalue weighted by molar-refractivity contribution is 5.54. The van der Waals surface area contributed by atoms with Crippen LogP contribution in [0.2, 0.25) is 0 Å². The fraction of sp³-hybridized carbons (Fsp3) is 0.111. The third-order valence-electron chi connectivity index (χ3n) is 1.46. The van der Waals surface area contributed by atoms with Crippen LogP contribution in [0.1, 0.15) is 13.0 Å². The van der Waals surface area contributed by atoms with Crippen molar-refractivity contribution in [3.05, 3.63) is 40.2 Å². The maximum Gasteiger partial charge on any atom is 0.261 e. The summed E-state index contributed by atoms with van der Waals surface area (Å²) < 4.78 is 50.8. The summed E-state index contributed by atoms with van der Waals surface area (Å²) in [6, 6.07) is 1.01. The standard InChI is InChI=1S/C8F4N2.CH4/c1-14-8-5(10)3(2-13)4(9)6(11)7(8)12;/h;1H4. The van der Waals surface area contributed by atoms with Crippen molar-refractivity contribution in [2.24, 2.45) is 0 Å². The summed E-state index contributed by atoms with van der Waals surface area (Å²) in [5.41, 5.74) is -2.62. The molecule has 0 aliphatic heterocycles. The lowest BCUT2D eigenvalue weighted by Crippen LogP contribution is -1.99. The molecule has 1 aromatic rings. The Hall–Kier alpha value is -2.08. The first-order chi connectivity index (χ1) is 6.54. The van der Waals surface area contributed by atoms with Gasteiger partial charge in [0.1, 0.15) is 11.6 Å². The van der Waals surface area contributed by atoms with Crippen molar-refractivity contribution in [2.75, 3.05) is 0 Å². The minimum Gasteiger partial charge on any atom is -0.232 e. The van der Waals surface area contributed by atoms with E-state index in [2.05, 4.69) is 4.85 Å². The van der Waals surface area contributed by atoms with Gasteiger partial charge in [0.25, 0.3) is 5.69 Å². The number of halogens is 4. The van der Waals surface area contributed by atoms with E-state index in [1.807, 2.05) is 0 Å². The minimum absolute atomic E-state index is 0. The van der Waals surface area contributed by atoms with Crippen molar-refractivity contribution in [3.63, 3.8) is 0 Å². The molecule has 0 fully saturated rings.